The summed E-state index contributed by atoms with van der Waals surface area (Å²) >= 11 is 0. The molecule has 0 spiro atoms. The fraction of sp³-hybridized carbons (Fsp3) is 0. The summed E-state index contributed by atoms with van der Waals surface area (Å²) in [7, 11) is -4.10. The minimum absolute atomic E-state index is 0. The van der Waals surface area contributed by atoms with Gasteiger partial charge in [-0.05, 0) is 23.3 Å². The van der Waals surface area contributed by atoms with Crippen LogP contribution in [0.25, 0.3) is 11.1 Å². The first-order chi connectivity index (χ1) is 7.57. The zero-order valence-electron chi connectivity index (χ0n) is 11.1. The normalized spacial score (nSPS) is 10.6. The molecule has 0 aliphatic rings. The third-order valence-electron chi connectivity index (χ3n) is 2.26. The van der Waals surface area contributed by atoms with Crippen molar-refractivity contribution < 1.29 is 15.8 Å². The van der Waals surface area contributed by atoms with E-state index >= 15 is 0 Å². The molecule has 0 bridgehead atoms. The van der Waals surface area contributed by atoms with Crippen molar-refractivity contribution in [3.8, 4) is 11.1 Å². The maximum atomic E-state index is 10.8. The van der Waals surface area contributed by atoms with Crippen LogP contribution in [0, 0.1) is 0 Å². The van der Waals surface area contributed by atoms with Gasteiger partial charge in [0.05, 0.1) is 4.90 Å². The van der Waals surface area contributed by atoms with Crippen molar-refractivity contribution in [1.29, 1.82) is 0 Å². The molecule has 0 aliphatic carbocycles. The van der Waals surface area contributed by atoms with Gasteiger partial charge in [-0.3, -0.25) is 4.55 Å². The summed E-state index contributed by atoms with van der Waals surface area (Å²) < 4.78 is 30.5. The molecular weight excluding hydrogens is 264 g/mol. The smallest absolute Gasteiger partial charge is 1.00 e. The third kappa shape index (κ3) is 3.79. The van der Waals surface area contributed by atoms with E-state index in [4.69, 9.17) is 4.55 Å². The molecule has 0 radical (unpaired) electrons. The zero-order valence-corrected chi connectivity index (χ0v) is 12.1. The molecule has 0 fully saturated rings. The Hall–Kier alpha value is -0.390. The first-order valence-electron chi connectivity index (χ1n) is 4.70. The molecule has 0 heterocycles. The monoisotopic (exact) mass is 276 g/mol. The summed E-state index contributed by atoms with van der Waals surface area (Å²) in [5.74, 6) is 0. The first kappa shape index (κ1) is 14.7. The van der Waals surface area contributed by atoms with Crippen LogP contribution in [0.5, 0.6) is 0 Å². The fourth-order valence-corrected chi connectivity index (χ4v) is 1.93. The van der Waals surface area contributed by atoms with Gasteiger partial charge in [-0.1, -0.05) is 42.5 Å². The van der Waals surface area contributed by atoms with Crippen LogP contribution < -0.4 is 0 Å². The number of rotatable bonds is 2. The Balaban J connectivity index is 0. The molecule has 0 aromatic heterocycles. The second kappa shape index (κ2) is 5.98. The molecule has 0 saturated carbocycles. The second-order valence-corrected chi connectivity index (χ2v) is 4.79. The van der Waals surface area contributed by atoms with Gasteiger partial charge in [0.15, 0.2) is 0 Å². The molecule has 3 nitrogen and oxygen atoms in total. The Morgan fingerprint density at radius 2 is 1.29 bits per heavy atom. The van der Waals surface area contributed by atoms with Crippen LogP contribution in [0.15, 0.2) is 59.5 Å². The van der Waals surface area contributed by atoms with E-state index in [-0.39, 0.29) is 45.5 Å². The molecule has 0 atom stereocenters. The van der Waals surface area contributed by atoms with Gasteiger partial charge in [-0.25, -0.2) is 0 Å². The molecule has 0 saturated heterocycles. The van der Waals surface area contributed by atoms with Gasteiger partial charge in [0, 0.05) is 0 Å². The van der Waals surface area contributed by atoms with E-state index in [2.05, 4.69) is 0 Å². The summed E-state index contributed by atoms with van der Waals surface area (Å²) in [6.45, 7) is 0. The molecule has 1 N–H and O–H groups in total. The van der Waals surface area contributed by atoms with E-state index in [1.165, 1.54) is 12.1 Å². The van der Waals surface area contributed by atoms with Gasteiger partial charge in [0.2, 0.25) is 0 Å². The third-order valence-corrected chi connectivity index (χ3v) is 3.13. The summed E-state index contributed by atoms with van der Waals surface area (Å²) in [6, 6.07) is 15.7. The van der Waals surface area contributed by atoms with E-state index < -0.39 is 10.1 Å². The number of benzene rings is 2. The standard InChI is InChI=1S/C12H10O3S.Ca.2H/c13-16(14,15)12-8-6-11(7-9-12)10-4-2-1-3-5-10;;;/h1-9H,(H,13,14,15);;;/q;+2;2*-1. The van der Waals surface area contributed by atoms with Crippen molar-refractivity contribution >= 4 is 47.9 Å². The van der Waals surface area contributed by atoms with Gasteiger partial charge < -0.3 is 2.85 Å². The van der Waals surface area contributed by atoms with Gasteiger partial charge in [0.25, 0.3) is 10.1 Å². The SMILES string of the molecule is O=S(=O)(O)c1ccc(-c2ccccc2)cc1.[Ca+2].[H-].[H-]. The maximum Gasteiger partial charge on any atom is 2.00 e. The molecule has 0 unspecified atom stereocenters. The van der Waals surface area contributed by atoms with Crippen LogP contribution >= 0.6 is 0 Å². The van der Waals surface area contributed by atoms with Crippen LogP contribution in [0.3, 0.4) is 0 Å². The van der Waals surface area contributed by atoms with E-state index in [9.17, 15) is 8.42 Å². The van der Waals surface area contributed by atoms with Crippen LogP contribution in [0.2, 0.25) is 0 Å². The van der Waals surface area contributed by atoms with Crippen molar-refractivity contribution in [2.45, 2.75) is 4.90 Å². The Morgan fingerprint density at radius 3 is 1.76 bits per heavy atom. The molecular formula is C12H12CaO3S. The predicted molar refractivity (Wildman–Crippen MR) is 69.7 cm³/mol. The number of hydrogen-bond acceptors (Lipinski definition) is 2. The number of hydrogen-bond donors (Lipinski definition) is 1. The van der Waals surface area contributed by atoms with E-state index in [1.807, 2.05) is 30.3 Å². The van der Waals surface area contributed by atoms with Crippen LogP contribution in [-0.4, -0.2) is 50.7 Å². The van der Waals surface area contributed by atoms with E-state index in [0.717, 1.165) is 11.1 Å². The zero-order chi connectivity index (χ0) is 11.6. The Kier molecular flexibility index (Phi) is 5.16. The Bertz CT molecular complexity index is 586. The van der Waals surface area contributed by atoms with Gasteiger partial charge in [-0.2, -0.15) is 8.42 Å². The van der Waals surface area contributed by atoms with Crippen molar-refractivity contribution in [3.63, 3.8) is 0 Å². The topological polar surface area (TPSA) is 54.4 Å². The summed E-state index contributed by atoms with van der Waals surface area (Å²) in [4.78, 5) is -0.0906. The average Bonchev–Trinajstić information content (AvgIpc) is 2.29. The van der Waals surface area contributed by atoms with Crippen LogP contribution in [0.4, 0.5) is 0 Å². The van der Waals surface area contributed by atoms with E-state index in [0.29, 0.717) is 0 Å². The quantitative estimate of drug-likeness (QED) is 0.677. The minimum atomic E-state index is -4.10. The largest absolute Gasteiger partial charge is 2.00 e. The van der Waals surface area contributed by atoms with Crippen molar-refractivity contribution in [2.75, 3.05) is 0 Å². The second-order valence-electron chi connectivity index (χ2n) is 3.37. The molecule has 86 valence electrons. The van der Waals surface area contributed by atoms with Crippen molar-refractivity contribution in [3.05, 3.63) is 54.6 Å². The van der Waals surface area contributed by atoms with Crippen molar-refractivity contribution in [1.82, 2.24) is 0 Å². The molecule has 2 rings (SSSR count). The molecule has 2 aromatic carbocycles. The van der Waals surface area contributed by atoms with Gasteiger partial charge in [0.1, 0.15) is 0 Å². The molecule has 2 aromatic rings. The predicted octanol–water partition coefficient (Wildman–Crippen LogP) is 2.44. The average molecular weight is 276 g/mol. The van der Waals surface area contributed by atoms with E-state index in [1.54, 1.807) is 12.1 Å². The fourth-order valence-electron chi connectivity index (χ4n) is 1.45. The van der Waals surface area contributed by atoms with Gasteiger partial charge >= 0.3 is 37.7 Å². The molecule has 0 amide bonds. The van der Waals surface area contributed by atoms with Gasteiger partial charge in [-0.15, -0.1) is 0 Å². The summed E-state index contributed by atoms with van der Waals surface area (Å²) in [6.07, 6.45) is 0. The molecule has 17 heavy (non-hydrogen) atoms. The van der Waals surface area contributed by atoms with Crippen molar-refractivity contribution in [2.24, 2.45) is 0 Å². The van der Waals surface area contributed by atoms with Crippen LogP contribution in [-0.2, 0) is 10.1 Å². The summed E-state index contributed by atoms with van der Waals surface area (Å²) in [5.41, 5.74) is 1.91. The van der Waals surface area contributed by atoms with Crippen LogP contribution in [0.1, 0.15) is 2.85 Å². The molecule has 0 aliphatic heterocycles. The summed E-state index contributed by atoms with van der Waals surface area (Å²) in [5, 5.41) is 0. The Morgan fingerprint density at radius 1 is 0.824 bits per heavy atom. The molecule has 5 heteroatoms. The first-order valence-corrected chi connectivity index (χ1v) is 6.14. The minimum Gasteiger partial charge on any atom is -1.00 e. The Labute approximate surface area is 133 Å². The maximum absolute atomic E-state index is 10.8.